The average Bonchev–Trinajstić information content (AvgIpc) is 2.74. The lowest BCUT2D eigenvalue weighted by atomic mass is 10.1. The summed E-state index contributed by atoms with van der Waals surface area (Å²) in [5.74, 6) is -2.05. The van der Waals surface area contributed by atoms with E-state index in [9.17, 15) is 26.7 Å². The van der Waals surface area contributed by atoms with Crippen LogP contribution in [0.4, 0.5) is 22.0 Å². The van der Waals surface area contributed by atoms with Crippen LogP contribution in [0.25, 0.3) is 10.9 Å². The Morgan fingerprint density at radius 3 is 2.52 bits per heavy atom. The highest BCUT2D eigenvalue weighted by Crippen LogP contribution is 2.33. The topological polar surface area (TPSA) is 22.0 Å². The van der Waals surface area contributed by atoms with Crippen LogP contribution in [0.15, 0.2) is 24.4 Å². The maximum Gasteiger partial charge on any atom is 0.454 e. The lowest BCUT2D eigenvalue weighted by molar-refractivity contribution is -0.0884. The van der Waals surface area contributed by atoms with Gasteiger partial charge in [0.1, 0.15) is 0 Å². The first-order chi connectivity index (χ1) is 9.71. The molecule has 2 aromatic rings. The van der Waals surface area contributed by atoms with Gasteiger partial charge >= 0.3 is 6.18 Å². The second kappa shape index (κ2) is 5.63. The van der Waals surface area contributed by atoms with Crippen LogP contribution in [-0.4, -0.2) is 23.0 Å². The summed E-state index contributed by atoms with van der Waals surface area (Å²) in [6.07, 6.45) is -7.26. The summed E-state index contributed by atoms with van der Waals surface area (Å²) < 4.78 is 63.5. The van der Waals surface area contributed by atoms with E-state index < -0.39 is 30.4 Å². The summed E-state index contributed by atoms with van der Waals surface area (Å²) in [5.41, 5.74) is -0.409. The van der Waals surface area contributed by atoms with Crippen molar-refractivity contribution in [3.8, 4) is 0 Å². The van der Waals surface area contributed by atoms with Crippen molar-refractivity contribution in [2.24, 2.45) is 0 Å². The summed E-state index contributed by atoms with van der Waals surface area (Å²) >= 11 is 5.85. The molecule has 0 saturated carbocycles. The number of fused-ring (bicyclic) bond motifs is 1. The molecule has 2 nitrogen and oxygen atoms in total. The van der Waals surface area contributed by atoms with Gasteiger partial charge in [-0.05, 0) is 12.1 Å². The Morgan fingerprint density at radius 2 is 1.95 bits per heavy atom. The zero-order valence-corrected chi connectivity index (χ0v) is 11.2. The van der Waals surface area contributed by atoms with Crippen molar-refractivity contribution in [2.75, 3.05) is 0 Å². The molecular formula is C13H9ClF5NO. The first-order valence-corrected chi connectivity index (χ1v) is 6.26. The SMILES string of the molecule is O=C(c1cn(CCC(F)F)c2cccc(Cl)c12)C(F)(F)F. The molecule has 2 rings (SSSR count). The molecule has 0 atom stereocenters. The maximum atomic E-state index is 12.6. The molecule has 0 aliphatic rings. The number of ketones is 1. The molecular weight excluding hydrogens is 317 g/mol. The summed E-state index contributed by atoms with van der Waals surface area (Å²) in [7, 11) is 0. The predicted molar refractivity (Wildman–Crippen MR) is 68.0 cm³/mol. The van der Waals surface area contributed by atoms with E-state index in [1.54, 1.807) is 0 Å². The van der Waals surface area contributed by atoms with E-state index in [-0.39, 0.29) is 22.5 Å². The maximum absolute atomic E-state index is 12.6. The average molecular weight is 326 g/mol. The van der Waals surface area contributed by atoms with Crippen LogP contribution in [0.1, 0.15) is 16.8 Å². The molecule has 21 heavy (non-hydrogen) atoms. The van der Waals surface area contributed by atoms with Crippen molar-refractivity contribution in [3.63, 3.8) is 0 Å². The third kappa shape index (κ3) is 3.18. The number of nitrogens with zero attached hydrogens (tertiary/aromatic N) is 1. The number of halogens is 6. The van der Waals surface area contributed by atoms with E-state index in [2.05, 4.69) is 0 Å². The van der Waals surface area contributed by atoms with Crippen LogP contribution in [-0.2, 0) is 6.54 Å². The standard InChI is InChI=1S/C13H9ClF5NO/c14-8-2-1-3-9-11(8)7(12(21)13(17,18)19)6-20(9)5-4-10(15)16/h1-3,6,10H,4-5H2. The van der Waals surface area contributed by atoms with Gasteiger partial charge in [0.05, 0.1) is 16.1 Å². The van der Waals surface area contributed by atoms with E-state index in [4.69, 9.17) is 11.6 Å². The molecule has 8 heteroatoms. The molecule has 0 aliphatic heterocycles. The van der Waals surface area contributed by atoms with E-state index in [0.29, 0.717) is 0 Å². The second-order valence-electron chi connectivity index (χ2n) is 4.38. The van der Waals surface area contributed by atoms with Gasteiger partial charge in [-0.2, -0.15) is 13.2 Å². The summed E-state index contributed by atoms with van der Waals surface area (Å²) in [6, 6.07) is 4.25. The van der Waals surface area contributed by atoms with E-state index in [1.165, 1.54) is 22.8 Å². The third-order valence-corrected chi connectivity index (χ3v) is 3.26. The van der Waals surface area contributed by atoms with Crippen molar-refractivity contribution in [3.05, 3.63) is 35.0 Å². The Labute approximate surface area is 121 Å². The normalized spacial score (nSPS) is 12.3. The monoisotopic (exact) mass is 325 g/mol. The van der Waals surface area contributed by atoms with Gasteiger partial charge in [-0.1, -0.05) is 17.7 Å². The van der Waals surface area contributed by atoms with Gasteiger partial charge in [0, 0.05) is 24.5 Å². The molecule has 114 valence electrons. The molecule has 1 aromatic heterocycles. The fourth-order valence-electron chi connectivity index (χ4n) is 2.06. The van der Waals surface area contributed by atoms with Crippen molar-refractivity contribution in [1.82, 2.24) is 4.57 Å². The molecule has 1 aromatic carbocycles. The Kier molecular flexibility index (Phi) is 4.22. The number of carbonyl (C=O) groups is 1. The molecule has 1 heterocycles. The number of aromatic nitrogens is 1. The van der Waals surface area contributed by atoms with Gasteiger partial charge in [0.15, 0.2) is 0 Å². The number of hydrogen-bond acceptors (Lipinski definition) is 1. The number of rotatable bonds is 4. The van der Waals surface area contributed by atoms with Crippen LogP contribution in [0, 0.1) is 0 Å². The van der Waals surface area contributed by atoms with Crippen LogP contribution >= 0.6 is 11.6 Å². The third-order valence-electron chi connectivity index (χ3n) is 2.95. The van der Waals surface area contributed by atoms with Crippen molar-refractivity contribution < 1.29 is 26.7 Å². The van der Waals surface area contributed by atoms with Gasteiger partial charge in [-0.15, -0.1) is 0 Å². The Bertz CT molecular complexity index is 677. The van der Waals surface area contributed by atoms with Crippen molar-refractivity contribution in [1.29, 1.82) is 0 Å². The Hall–Kier alpha value is -1.63. The highest BCUT2D eigenvalue weighted by Gasteiger charge is 2.41. The largest absolute Gasteiger partial charge is 0.454 e. The molecule has 0 aliphatic carbocycles. The first-order valence-electron chi connectivity index (χ1n) is 5.89. The zero-order chi connectivity index (χ0) is 15.8. The van der Waals surface area contributed by atoms with Crippen molar-refractivity contribution >= 4 is 28.3 Å². The highest BCUT2D eigenvalue weighted by atomic mass is 35.5. The molecule has 0 amide bonds. The quantitative estimate of drug-likeness (QED) is 0.590. The van der Waals surface area contributed by atoms with Gasteiger partial charge < -0.3 is 4.57 Å². The van der Waals surface area contributed by atoms with Crippen LogP contribution in [0.2, 0.25) is 5.02 Å². The lowest BCUT2D eigenvalue weighted by Crippen LogP contribution is -2.22. The van der Waals surface area contributed by atoms with Crippen molar-refractivity contribution in [2.45, 2.75) is 25.6 Å². The van der Waals surface area contributed by atoms with Crippen LogP contribution in [0.3, 0.4) is 0 Å². The van der Waals surface area contributed by atoms with E-state index >= 15 is 0 Å². The van der Waals surface area contributed by atoms with Gasteiger partial charge in [-0.25, -0.2) is 8.78 Å². The van der Waals surface area contributed by atoms with Gasteiger partial charge in [0.25, 0.3) is 5.78 Å². The summed E-state index contributed by atoms with van der Waals surface area (Å²) in [5, 5.41) is -0.105. The highest BCUT2D eigenvalue weighted by molar-refractivity contribution is 6.37. The van der Waals surface area contributed by atoms with Gasteiger partial charge in [0.2, 0.25) is 6.43 Å². The molecule has 0 bridgehead atoms. The number of Topliss-reactive ketones (excluding diaryl/α,β-unsaturated/α-hetero) is 1. The number of benzene rings is 1. The molecule has 0 unspecified atom stereocenters. The predicted octanol–water partition coefficient (Wildman–Crippen LogP) is 4.69. The first kappa shape index (κ1) is 15.8. The fourth-order valence-corrected chi connectivity index (χ4v) is 2.33. The Balaban J connectivity index is 2.58. The minimum atomic E-state index is -5.05. The van der Waals surface area contributed by atoms with E-state index in [1.807, 2.05) is 0 Å². The van der Waals surface area contributed by atoms with Crippen LogP contribution in [0.5, 0.6) is 0 Å². The summed E-state index contributed by atoms with van der Waals surface area (Å²) in [4.78, 5) is 11.4. The Morgan fingerprint density at radius 1 is 1.29 bits per heavy atom. The number of aryl methyl sites for hydroxylation is 1. The molecule has 0 radical (unpaired) electrons. The molecule has 0 fully saturated rings. The van der Waals surface area contributed by atoms with Gasteiger partial charge in [-0.3, -0.25) is 4.79 Å². The molecule has 0 N–H and O–H groups in total. The minimum absolute atomic E-state index is 0.0316. The molecule has 0 saturated heterocycles. The number of alkyl halides is 5. The second-order valence-corrected chi connectivity index (χ2v) is 4.78. The summed E-state index contributed by atoms with van der Waals surface area (Å²) in [6.45, 7) is -0.209. The van der Waals surface area contributed by atoms with Crippen LogP contribution < -0.4 is 0 Å². The fraction of sp³-hybridized carbons (Fsp3) is 0.308. The lowest BCUT2D eigenvalue weighted by Gasteiger charge is -2.04. The molecule has 0 spiro atoms. The zero-order valence-electron chi connectivity index (χ0n) is 10.4. The minimum Gasteiger partial charge on any atom is -0.346 e. The number of hydrogen-bond donors (Lipinski definition) is 0. The number of carbonyl (C=O) groups excluding carboxylic acids is 1. The smallest absolute Gasteiger partial charge is 0.346 e. The van der Waals surface area contributed by atoms with E-state index in [0.717, 1.165) is 6.20 Å².